The fourth-order valence-corrected chi connectivity index (χ4v) is 3.11. The van der Waals surface area contributed by atoms with E-state index < -0.39 is 36.1 Å². The van der Waals surface area contributed by atoms with E-state index in [1.807, 2.05) is 51.1 Å². The van der Waals surface area contributed by atoms with Crippen LogP contribution in [-0.4, -0.2) is 49.9 Å². The Balaban J connectivity index is 3.03. The van der Waals surface area contributed by atoms with Crippen molar-refractivity contribution >= 4 is 24.6 Å². The molecule has 0 aliphatic carbocycles. The van der Waals surface area contributed by atoms with Gasteiger partial charge in [0.2, 0.25) is 5.76 Å². The minimum absolute atomic E-state index is 0.108. The molecule has 0 aliphatic heterocycles. The average Bonchev–Trinajstić information content (AvgIpc) is 2.79. The maximum atomic E-state index is 12.9. The predicted molar refractivity (Wildman–Crippen MR) is 133 cm³/mol. The summed E-state index contributed by atoms with van der Waals surface area (Å²) in [6.07, 6.45) is 1.09. The molecule has 9 nitrogen and oxygen atoms in total. The van der Waals surface area contributed by atoms with Gasteiger partial charge < -0.3 is 24.3 Å². The molecule has 0 fully saturated rings. The highest BCUT2D eigenvalue weighted by Crippen LogP contribution is 2.21. The molecule has 1 amide bonds. The van der Waals surface area contributed by atoms with Crippen LogP contribution in [0.25, 0.3) is 0 Å². The van der Waals surface area contributed by atoms with Gasteiger partial charge in [-0.1, -0.05) is 32.0 Å². The monoisotopic (exact) mass is 488 g/mol. The minimum atomic E-state index is -1.03. The fraction of sp³-hybridized carbons (Fsp3) is 0.462. The van der Waals surface area contributed by atoms with E-state index in [9.17, 15) is 14.4 Å². The Bertz CT molecular complexity index is 938. The van der Waals surface area contributed by atoms with Crippen molar-refractivity contribution in [2.24, 2.45) is 10.9 Å². The molecule has 3 atom stereocenters. The first-order chi connectivity index (χ1) is 16.5. The lowest BCUT2D eigenvalue weighted by Gasteiger charge is -2.27. The van der Waals surface area contributed by atoms with E-state index in [-0.39, 0.29) is 23.1 Å². The highest BCUT2D eigenvalue weighted by atomic mass is 16.6. The molecule has 1 aromatic rings. The molecular weight excluding hydrogens is 452 g/mol. The smallest absolute Gasteiger partial charge is 0.328 e. The molecule has 0 aliphatic rings. The van der Waals surface area contributed by atoms with Crippen molar-refractivity contribution < 1.29 is 33.3 Å². The molecular formula is C26H36N2O7. The van der Waals surface area contributed by atoms with Crippen LogP contribution in [0.1, 0.15) is 48.0 Å². The topological polar surface area (TPSA) is 113 Å². The third kappa shape index (κ3) is 9.64. The standard InChI is InChI=1S/C26H36N2O7/c1-9-21(32-8)24(34-19(6)29)23(27-7)25(30)28-17(4)26(31)35-22(15-16(2)3)18(5)33-20-13-11-10-12-14-20/h9-14,16-18,22H,7,15H2,1-6,8H3,(H,28,30)/b21-9+,24-23+/t17-,18-,22+/m0/s1. The summed E-state index contributed by atoms with van der Waals surface area (Å²) in [4.78, 5) is 41.0. The molecule has 0 saturated heterocycles. The van der Waals surface area contributed by atoms with Gasteiger partial charge in [-0.2, -0.15) is 0 Å². The van der Waals surface area contributed by atoms with Gasteiger partial charge in [-0.25, -0.2) is 4.79 Å². The molecule has 35 heavy (non-hydrogen) atoms. The molecule has 0 unspecified atom stereocenters. The number of methoxy groups -OCH3 is 1. The molecule has 0 saturated carbocycles. The van der Waals surface area contributed by atoms with Crippen molar-refractivity contribution in [1.29, 1.82) is 0 Å². The number of para-hydroxylation sites is 1. The van der Waals surface area contributed by atoms with Crippen LogP contribution in [0.5, 0.6) is 5.75 Å². The van der Waals surface area contributed by atoms with Gasteiger partial charge in [-0.15, -0.1) is 0 Å². The number of rotatable bonds is 13. The van der Waals surface area contributed by atoms with Crippen LogP contribution in [0.3, 0.4) is 0 Å². The summed E-state index contributed by atoms with van der Waals surface area (Å²) in [5.41, 5.74) is -0.311. The summed E-state index contributed by atoms with van der Waals surface area (Å²) in [7, 11) is 1.35. The quantitative estimate of drug-likeness (QED) is 0.147. The van der Waals surface area contributed by atoms with Crippen molar-refractivity contribution in [3.63, 3.8) is 0 Å². The Morgan fingerprint density at radius 2 is 1.74 bits per heavy atom. The van der Waals surface area contributed by atoms with Crippen molar-refractivity contribution in [2.45, 2.75) is 66.2 Å². The lowest BCUT2D eigenvalue weighted by molar-refractivity contribution is -0.157. The minimum Gasteiger partial charge on any atom is -0.493 e. The number of esters is 2. The van der Waals surface area contributed by atoms with Crippen molar-refractivity contribution in [3.05, 3.63) is 53.6 Å². The van der Waals surface area contributed by atoms with E-state index in [0.29, 0.717) is 12.2 Å². The van der Waals surface area contributed by atoms with E-state index in [4.69, 9.17) is 18.9 Å². The summed E-state index contributed by atoms with van der Waals surface area (Å²) < 4.78 is 22.0. The number of ether oxygens (including phenoxy) is 4. The van der Waals surface area contributed by atoms with Crippen LogP contribution in [0.15, 0.2) is 58.6 Å². The molecule has 0 radical (unpaired) electrons. The van der Waals surface area contributed by atoms with Gasteiger partial charge in [-0.05, 0) is 58.0 Å². The van der Waals surface area contributed by atoms with Gasteiger partial charge in [0.15, 0.2) is 11.5 Å². The zero-order valence-electron chi connectivity index (χ0n) is 21.5. The summed E-state index contributed by atoms with van der Waals surface area (Å²) >= 11 is 0. The molecule has 0 bridgehead atoms. The maximum Gasteiger partial charge on any atom is 0.328 e. The molecule has 0 aromatic heterocycles. The molecule has 0 spiro atoms. The largest absolute Gasteiger partial charge is 0.493 e. The Hall–Kier alpha value is -3.62. The SMILES string of the molecule is C=N/C(C(=O)N[C@@H](C)C(=O)O[C@H](CC(C)C)[C@H](C)Oc1ccccc1)=C(OC(C)=O)\C(=C/C)OC. The van der Waals surface area contributed by atoms with Gasteiger partial charge >= 0.3 is 11.9 Å². The first-order valence-electron chi connectivity index (χ1n) is 11.4. The van der Waals surface area contributed by atoms with Gasteiger partial charge in [0.25, 0.3) is 5.91 Å². The Kier molecular flexibility index (Phi) is 12.3. The number of nitrogens with one attached hydrogen (secondary N) is 1. The van der Waals surface area contributed by atoms with Gasteiger partial charge in [-0.3, -0.25) is 14.6 Å². The lowest BCUT2D eigenvalue weighted by atomic mass is 10.0. The fourth-order valence-electron chi connectivity index (χ4n) is 3.11. The summed E-state index contributed by atoms with van der Waals surface area (Å²) in [6, 6.07) is 8.21. The molecule has 1 rings (SSSR count). The van der Waals surface area contributed by atoms with E-state index in [1.165, 1.54) is 27.0 Å². The van der Waals surface area contributed by atoms with Crippen molar-refractivity contribution in [1.82, 2.24) is 5.32 Å². The number of benzene rings is 1. The van der Waals surface area contributed by atoms with Gasteiger partial charge in [0.05, 0.1) is 7.11 Å². The van der Waals surface area contributed by atoms with Crippen LogP contribution < -0.4 is 10.1 Å². The number of carbonyl (C=O) groups excluding carboxylic acids is 3. The zero-order chi connectivity index (χ0) is 26.5. The van der Waals surface area contributed by atoms with E-state index in [1.54, 1.807) is 6.92 Å². The Labute approximate surface area is 207 Å². The number of amides is 1. The third-order valence-electron chi connectivity index (χ3n) is 4.80. The van der Waals surface area contributed by atoms with E-state index in [2.05, 4.69) is 17.0 Å². The van der Waals surface area contributed by atoms with Crippen LogP contribution in [0.4, 0.5) is 0 Å². The molecule has 192 valence electrons. The first-order valence-corrected chi connectivity index (χ1v) is 11.4. The highest BCUT2D eigenvalue weighted by molar-refractivity contribution is 5.97. The number of hydrogen-bond acceptors (Lipinski definition) is 8. The number of allylic oxidation sites excluding steroid dienone is 1. The number of nitrogens with zero attached hydrogens (tertiary/aromatic N) is 1. The first kappa shape index (κ1) is 29.4. The van der Waals surface area contributed by atoms with Crippen LogP contribution in [-0.2, 0) is 28.6 Å². The van der Waals surface area contributed by atoms with Gasteiger partial charge in [0.1, 0.15) is 24.0 Å². The van der Waals surface area contributed by atoms with Crippen LogP contribution in [0.2, 0.25) is 0 Å². The predicted octanol–water partition coefficient (Wildman–Crippen LogP) is 3.94. The Morgan fingerprint density at radius 1 is 1.11 bits per heavy atom. The summed E-state index contributed by atoms with van der Waals surface area (Å²) in [5.74, 6) is -1.32. The Morgan fingerprint density at radius 3 is 2.23 bits per heavy atom. The second-order valence-electron chi connectivity index (χ2n) is 8.22. The second-order valence-corrected chi connectivity index (χ2v) is 8.22. The molecule has 1 N–H and O–H groups in total. The lowest BCUT2D eigenvalue weighted by Crippen LogP contribution is -2.44. The van der Waals surface area contributed by atoms with Crippen molar-refractivity contribution in [2.75, 3.05) is 7.11 Å². The molecule has 1 aromatic carbocycles. The maximum absolute atomic E-state index is 12.9. The highest BCUT2D eigenvalue weighted by Gasteiger charge is 2.29. The number of hydrogen-bond donors (Lipinski definition) is 1. The second kappa shape index (κ2) is 14.6. The summed E-state index contributed by atoms with van der Waals surface area (Å²) in [6.45, 7) is 13.5. The normalized spacial score (nSPS) is 14.7. The zero-order valence-corrected chi connectivity index (χ0v) is 21.5. The number of carbonyl (C=O) groups is 3. The van der Waals surface area contributed by atoms with Crippen LogP contribution >= 0.6 is 0 Å². The van der Waals surface area contributed by atoms with E-state index in [0.717, 1.165) is 0 Å². The van der Waals surface area contributed by atoms with Gasteiger partial charge in [0, 0.05) is 6.92 Å². The molecule has 0 heterocycles. The van der Waals surface area contributed by atoms with Crippen molar-refractivity contribution in [3.8, 4) is 5.75 Å². The molecule has 9 heteroatoms. The van der Waals surface area contributed by atoms with E-state index >= 15 is 0 Å². The van der Waals surface area contributed by atoms with Crippen LogP contribution in [0, 0.1) is 5.92 Å². The summed E-state index contributed by atoms with van der Waals surface area (Å²) in [5, 5.41) is 2.51. The number of aliphatic imine (C=N–C) groups is 1. The third-order valence-corrected chi connectivity index (χ3v) is 4.80. The average molecular weight is 489 g/mol.